The molecule has 0 aromatic heterocycles. The lowest BCUT2D eigenvalue weighted by Crippen LogP contribution is -2.32. The molecule has 0 saturated heterocycles. The normalized spacial score (nSPS) is 10.4. The highest BCUT2D eigenvalue weighted by Crippen LogP contribution is 2.24. The van der Waals surface area contributed by atoms with Crippen molar-refractivity contribution in [3.8, 4) is 0 Å². The van der Waals surface area contributed by atoms with Crippen molar-refractivity contribution in [3.63, 3.8) is 0 Å². The first-order valence-corrected chi connectivity index (χ1v) is 7.38. The Kier molecular flexibility index (Phi) is 5.23. The number of carbonyl (C=O) groups excluding carboxylic acids is 1. The summed E-state index contributed by atoms with van der Waals surface area (Å²) in [6, 6.07) is 15.0. The van der Waals surface area contributed by atoms with Crippen molar-refractivity contribution in [2.24, 2.45) is 0 Å². The molecule has 2 rings (SSSR count). The molecule has 2 aromatic carbocycles. The van der Waals surface area contributed by atoms with Crippen molar-refractivity contribution >= 4 is 23.2 Å². The third-order valence-electron chi connectivity index (χ3n) is 3.26. The van der Waals surface area contributed by atoms with Crippen LogP contribution in [-0.4, -0.2) is 17.4 Å². The van der Waals surface area contributed by atoms with Crippen molar-refractivity contribution < 1.29 is 4.79 Å². The van der Waals surface area contributed by atoms with Gasteiger partial charge in [-0.05, 0) is 24.1 Å². The Morgan fingerprint density at radius 3 is 2.48 bits per heavy atom. The number of hydrogen-bond acceptors (Lipinski definition) is 2. The molecule has 2 N–H and O–H groups in total. The highest BCUT2D eigenvalue weighted by molar-refractivity contribution is 6.34. The van der Waals surface area contributed by atoms with Crippen molar-refractivity contribution in [2.45, 2.75) is 19.9 Å². The summed E-state index contributed by atoms with van der Waals surface area (Å²) in [5, 5.41) is 0.397. The van der Waals surface area contributed by atoms with Gasteiger partial charge in [0, 0.05) is 18.8 Å². The zero-order chi connectivity index (χ0) is 15.2. The summed E-state index contributed by atoms with van der Waals surface area (Å²) in [6.07, 6.45) is 0.878. The van der Waals surface area contributed by atoms with Crippen LogP contribution < -0.4 is 5.73 Å². The molecule has 0 saturated carbocycles. The van der Waals surface area contributed by atoms with E-state index in [0.29, 0.717) is 29.4 Å². The monoisotopic (exact) mass is 302 g/mol. The SMILES string of the molecule is CCCN(Cc1ccccc1)C(=O)c1c(N)cccc1Cl. The second kappa shape index (κ2) is 7.14. The number of halogens is 1. The van der Waals surface area contributed by atoms with E-state index in [2.05, 4.69) is 0 Å². The van der Waals surface area contributed by atoms with Gasteiger partial charge in [-0.2, -0.15) is 0 Å². The number of anilines is 1. The first-order chi connectivity index (χ1) is 10.1. The second-order valence-electron chi connectivity index (χ2n) is 4.92. The zero-order valence-electron chi connectivity index (χ0n) is 12.1. The van der Waals surface area contributed by atoms with Gasteiger partial charge in [0.2, 0.25) is 0 Å². The number of nitrogen functional groups attached to an aromatic ring is 1. The summed E-state index contributed by atoms with van der Waals surface area (Å²) < 4.78 is 0. The second-order valence-corrected chi connectivity index (χ2v) is 5.32. The van der Waals surface area contributed by atoms with Gasteiger partial charge in [-0.15, -0.1) is 0 Å². The molecule has 0 heterocycles. The molecule has 21 heavy (non-hydrogen) atoms. The highest BCUT2D eigenvalue weighted by Gasteiger charge is 2.20. The maximum atomic E-state index is 12.7. The molecule has 1 amide bonds. The molecular formula is C17H19ClN2O. The van der Waals surface area contributed by atoms with Crippen LogP contribution >= 0.6 is 11.6 Å². The number of nitrogens with zero attached hydrogens (tertiary/aromatic N) is 1. The van der Waals surface area contributed by atoms with E-state index in [1.54, 1.807) is 23.1 Å². The van der Waals surface area contributed by atoms with E-state index < -0.39 is 0 Å². The molecule has 0 aliphatic carbocycles. The van der Waals surface area contributed by atoms with Gasteiger partial charge in [0.25, 0.3) is 5.91 Å². The smallest absolute Gasteiger partial charge is 0.257 e. The molecular weight excluding hydrogens is 284 g/mol. The Morgan fingerprint density at radius 1 is 1.14 bits per heavy atom. The van der Waals surface area contributed by atoms with Gasteiger partial charge in [-0.25, -0.2) is 0 Å². The summed E-state index contributed by atoms with van der Waals surface area (Å²) in [4.78, 5) is 14.5. The lowest BCUT2D eigenvalue weighted by Gasteiger charge is -2.23. The van der Waals surface area contributed by atoms with Crippen LogP contribution in [0.3, 0.4) is 0 Å². The number of hydrogen-bond donors (Lipinski definition) is 1. The summed E-state index contributed by atoms with van der Waals surface area (Å²) in [5.41, 5.74) is 7.82. The molecule has 0 spiro atoms. The molecule has 0 aliphatic rings. The highest BCUT2D eigenvalue weighted by atomic mass is 35.5. The predicted molar refractivity (Wildman–Crippen MR) is 87.3 cm³/mol. The third kappa shape index (κ3) is 3.76. The van der Waals surface area contributed by atoms with Crippen LogP contribution in [0.2, 0.25) is 5.02 Å². The quantitative estimate of drug-likeness (QED) is 0.849. The van der Waals surface area contributed by atoms with E-state index in [9.17, 15) is 4.79 Å². The van der Waals surface area contributed by atoms with Crippen LogP contribution in [0.25, 0.3) is 0 Å². The predicted octanol–water partition coefficient (Wildman–Crippen LogP) is 3.97. The fourth-order valence-electron chi connectivity index (χ4n) is 2.25. The van der Waals surface area contributed by atoms with Crippen molar-refractivity contribution in [1.82, 2.24) is 4.90 Å². The molecule has 0 atom stereocenters. The average Bonchev–Trinajstić information content (AvgIpc) is 2.47. The fraction of sp³-hybridized carbons (Fsp3) is 0.235. The standard InChI is InChI=1S/C17H19ClN2O/c1-2-11-20(12-13-7-4-3-5-8-13)17(21)16-14(18)9-6-10-15(16)19/h3-10H,2,11-12,19H2,1H3. The van der Waals surface area contributed by atoms with Crippen LogP contribution in [0.15, 0.2) is 48.5 Å². The molecule has 4 heteroatoms. The Morgan fingerprint density at radius 2 is 1.86 bits per heavy atom. The maximum Gasteiger partial charge on any atom is 0.257 e. The van der Waals surface area contributed by atoms with Gasteiger partial charge < -0.3 is 10.6 Å². The van der Waals surface area contributed by atoms with Gasteiger partial charge in [0.05, 0.1) is 10.6 Å². The topological polar surface area (TPSA) is 46.3 Å². The van der Waals surface area contributed by atoms with Gasteiger partial charge in [-0.3, -0.25) is 4.79 Å². The molecule has 0 aliphatic heterocycles. The van der Waals surface area contributed by atoms with Gasteiger partial charge in [0.15, 0.2) is 0 Å². The number of amides is 1. The fourth-order valence-corrected chi connectivity index (χ4v) is 2.51. The summed E-state index contributed by atoms with van der Waals surface area (Å²) in [6.45, 7) is 3.26. The van der Waals surface area contributed by atoms with E-state index in [1.165, 1.54) is 0 Å². The van der Waals surface area contributed by atoms with Gasteiger partial charge >= 0.3 is 0 Å². The Hall–Kier alpha value is -2.00. The molecule has 0 unspecified atom stereocenters. The van der Waals surface area contributed by atoms with Crippen molar-refractivity contribution in [1.29, 1.82) is 0 Å². The minimum absolute atomic E-state index is 0.121. The first-order valence-electron chi connectivity index (χ1n) is 7.00. The minimum atomic E-state index is -0.121. The largest absolute Gasteiger partial charge is 0.398 e. The maximum absolute atomic E-state index is 12.7. The van der Waals surface area contributed by atoms with E-state index in [1.807, 2.05) is 37.3 Å². The molecule has 110 valence electrons. The summed E-state index contributed by atoms with van der Waals surface area (Å²) in [7, 11) is 0. The molecule has 0 radical (unpaired) electrons. The summed E-state index contributed by atoms with van der Waals surface area (Å²) in [5.74, 6) is -0.121. The van der Waals surface area contributed by atoms with Crippen LogP contribution in [0.4, 0.5) is 5.69 Å². The van der Waals surface area contributed by atoms with Gasteiger partial charge in [0.1, 0.15) is 0 Å². The first kappa shape index (κ1) is 15.4. The molecule has 2 aromatic rings. The number of nitrogens with two attached hydrogens (primary N) is 1. The third-order valence-corrected chi connectivity index (χ3v) is 3.57. The Balaban J connectivity index is 2.27. The minimum Gasteiger partial charge on any atom is -0.398 e. The van der Waals surface area contributed by atoms with Crippen molar-refractivity contribution in [3.05, 3.63) is 64.7 Å². The van der Waals surface area contributed by atoms with Crippen LogP contribution in [-0.2, 0) is 6.54 Å². The molecule has 0 bridgehead atoms. The Labute approximate surface area is 130 Å². The number of carbonyl (C=O) groups is 1. The van der Waals surface area contributed by atoms with E-state index in [4.69, 9.17) is 17.3 Å². The average molecular weight is 303 g/mol. The lowest BCUT2D eigenvalue weighted by molar-refractivity contribution is 0.0744. The zero-order valence-corrected chi connectivity index (χ0v) is 12.8. The van der Waals surface area contributed by atoms with E-state index >= 15 is 0 Å². The van der Waals surface area contributed by atoms with Crippen LogP contribution in [0.5, 0.6) is 0 Å². The van der Waals surface area contributed by atoms with E-state index in [-0.39, 0.29) is 5.91 Å². The van der Waals surface area contributed by atoms with Gasteiger partial charge in [-0.1, -0.05) is 54.9 Å². The lowest BCUT2D eigenvalue weighted by atomic mass is 10.1. The van der Waals surface area contributed by atoms with Crippen molar-refractivity contribution in [2.75, 3.05) is 12.3 Å². The van der Waals surface area contributed by atoms with E-state index in [0.717, 1.165) is 12.0 Å². The number of benzene rings is 2. The Bertz CT molecular complexity index is 593. The molecule has 3 nitrogen and oxygen atoms in total. The van der Waals surface area contributed by atoms with Crippen LogP contribution in [0.1, 0.15) is 29.3 Å². The van der Waals surface area contributed by atoms with Crippen LogP contribution in [0, 0.1) is 0 Å². The molecule has 0 fully saturated rings. The number of rotatable bonds is 5. The summed E-state index contributed by atoms with van der Waals surface area (Å²) >= 11 is 6.14.